The van der Waals surface area contributed by atoms with Gasteiger partial charge in [0.05, 0.1) is 12.6 Å². The Hall–Kier alpha value is -2.68. The summed E-state index contributed by atoms with van der Waals surface area (Å²) in [6.07, 6.45) is 3.93. The molecule has 0 aliphatic rings. The first-order valence-electron chi connectivity index (χ1n) is 9.01. The Bertz CT molecular complexity index is 743. The molecule has 26 heavy (non-hydrogen) atoms. The number of benzene rings is 3. The molecular weight excluding hydrogens is 318 g/mol. The molecule has 0 heterocycles. The molecule has 1 N–H and O–H groups in total. The highest BCUT2D eigenvalue weighted by Gasteiger charge is 2.18. The van der Waals surface area contributed by atoms with E-state index in [0.29, 0.717) is 0 Å². The van der Waals surface area contributed by atoms with Gasteiger partial charge in [-0.3, -0.25) is 4.90 Å². The van der Waals surface area contributed by atoms with Gasteiger partial charge in [-0.25, -0.2) is 0 Å². The topological polar surface area (TPSA) is 23.5 Å². The lowest BCUT2D eigenvalue weighted by atomic mass is 10.0. The Labute approximate surface area is 156 Å². The van der Waals surface area contributed by atoms with Crippen LogP contribution in [0.25, 0.3) is 0 Å². The van der Waals surface area contributed by atoms with Crippen LogP contribution in [-0.2, 0) is 13.1 Å². The molecule has 0 bridgehead atoms. The molecule has 0 amide bonds. The van der Waals surface area contributed by atoms with Crippen molar-refractivity contribution in [3.8, 4) is 0 Å². The van der Waals surface area contributed by atoms with Crippen molar-refractivity contribution in [3.05, 3.63) is 120 Å². The van der Waals surface area contributed by atoms with Crippen LogP contribution in [0.1, 0.15) is 22.7 Å². The summed E-state index contributed by atoms with van der Waals surface area (Å²) in [5.74, 6) is 0. The van der Waals surface area contributed by atoms with Crippen LogP contribution in [0.15, 0.2) is 103 Å². The zero-order valence-corrected chi connectivity index (χ0v) is 14.9. The lowest BCUT2D eigenvalue weighted by Crippen LogP contribution is -2.27. The van der Waals surface area contributed by atoms with E-state index in [9.17, 15) is 5.11 Å². The molecule has 0 saturated carbocycles. The molecule has 0 fully saturated rings. The van der Waals surface area contributed by atoms with E-state index >= 15 is 0 Å². The minimum absolute atomic E-state index is 0.0495. The summed E-state index contributed by atoms with van der Waals surface area (Å²) in [5.41, 5.74) is 3.78. The maximum Gasteiger partial charge on any atom is 0.0613 e. The number of hydrogen-bond acceptors (Lipinski definition) is 2. The first-order valence-corrected chi connectivity index (χ1v) is 9.01. The predicted molar refractivity (Wildman–Crippen MR) is 108 cm³/mol. The molecule has 0 aliphatic heterocycles. The maximum absolute atomic E-state index is 9.32. The van der Waals surface area contributed by atoms with E-state index in [0.717, 1.165) is 13.1 Å². The highest BCUT2D eigenvalue weighted by Crippen LogP contribution is 2.26. The molecular formula is C24H25NO. The number of aliphatic hydroxyl groups excluding tert-OH is 1. The first kappa shape index (κ1) is 18.1. The molecule has 1 atom stereocenters. The number of nitrogens with zero attached hydrogens (tertiary/aromatic N) is 1. The van der Waals surface area contributed by atoms with Gasteiger partial charge in [0.1, 0.15) is 0 Å². The molecule has 0 saturated heterocycles. The predicted octanol–water partition coefficient (Wildman–Crippen LogP) is 4.98. The van der Waals surface area contributed by atoms with Gasteiger partial charge in [-0.2, -0.15) is 0 Å². The van der Waals surface area contributed by atoms with Crippen molar-refractivity contribution in [3.63, 3.8) is 0 Å². The lowest BCUT2D eigenvalue weighted by molar-refractivity contribution is 0.211. The van der Waals surface area contributed by atoms with E-state index in [2.05, 4.69) is 83.8 Å². The zero-order valence-electron chi connectivity index (χ0n) is 14.9. The van der Waals surface area contributed by atoms with E-state index in [1.165, 1.54) is 16.7 Å². The number of rotatable bonds is 8. The zero-order chi connectivity index (χ0) is 18.0. The number of aliphatic hydroxyl groups is 1. The third-order valence-electron chi connectivity index (χ3n) is 4.42. The van der Waals surface area contributed by atoms with Crippen LogP contribution in [0.3, 0.4) is 0 Å². The van der Waals surface area contributed by atoms with Gasteiger partial charge in [-0.15, -0.1) is 0 Å². The third-order valence-corrected chi connectivity index (χ3v) is 4.42. The van der Waals surface area contributed by atoms with Crippen LogP contribution in [0.5, 0.6) is 0 Å². The van der Waals surface area contributed by atoms with Gasteiger partial charge >= 0.3 is 0 Å². The van der Waals surface area contributed by atoms with Crippen LogP contribution in [-0.4, -0.2) is 16.6 Å². The highest BCUT2D eigenvalue weighted by molar-refractivity contribution is 5.25. The highest BCUT2D eigenvalue weighted by atomic mass is 16.2. The Morgan fingerprint density at radius 2 is 1.15 bits per heavy atom. The van der Waals surface area contributed by atoms with E-state index in [1.54, 1.807) is 0 Å². The summed E-state index contributed by atoms with van der Waals surface area (Å²) in [6.45, 7) is 1.73. The van der Waals surface area contributed by atoms with Crippen LogP contribution < -0.4 is 0 Å². The van der Waals surface area contributed by atoms with Crippen molar-refractivity contribution in [1.29, 1.82) is 0 Å². The Kier molecular flexibility index (Phi) is 6.77. The van der Waals surface area contributed by atoms with E-state index in [4.69, 9.17) is 0 Å². The maximum atomic E-state index is 9.32. The molecule has 2 nitrogen and oxygen atoms in total. The normalized spacial score (nSPS) is 12.5. The summed E-state index contributed by atoms with van der Waals surface area (Å²) < 4.78 is 0. The summed E-state index contributed by atoms with van der Waals surface area (Å²) in [5, 5.41) is 9.32. The van der Waals surface area contributed by atoms with Crippen molar-refractivity contribution in [2.45, 2.75) is 19.1 Å². The molecule has 0 aliphatic carbocycles. The second kappa shape index (κ2) is 9.71. The second-order valence-electron chi connectivity index (χ2n) is 6.34. The van der Waals surface area contributed by atoms with E-state index in [1.807, 2.05) is 24.3 Å². The van der Waals surface area contributed by atoms with Crippen molar-refractivity contribution >= 4 is 0 Å². The van der Waals surface area contributed by atoms with Crippen molar-refractivity contribution in [2.75, 3.05) is 6.61 Å². The Morgan fingerprint density at radius 3 is 1.62 bits per heavy atom. The van der Waals surface area contributed by atoms with Gasteiger partial charge < -0.3 is 5.11 Å². The summed E-state index contributed by atoms with van der Waals surface area (Å²) >= 11 is 0. The third kappa shape index (κ3) is 5.16. The average molecular weight is 343 g/mol. The van der Waals surface area contributed by atoms with Crippen LogP contribution in [0.2, 0.25) is 0 Å². The molecule has 3 aromatic carbocycles. The standard InChI is InChI=1S/C24H25NO/c26-18-10-17-24(23-15-8-3-9-16-23)25(19-21-11-4-1-5-12-21)20-22-13-6-2-7-14-22/h1-17,24,26H,18-20H2/b17-10-. The van der Waals surface area contributed by atoms with Gasteiger partial charge in [0.25, 0.3) is 0 Å². The van der Waals surface area contributed by atoms with Crippen LogP contribution in [0.4, 0.5) is 0 Å². The molecule has 3 aromatic rings. The van der Waals surface area contributed by atoms with Crippen molar-refractivity contribution < 1.29 is 5.11 Å². The average Bonchev–Trinajstić information content (AvgIpc) is 2.70. The van der Waals surface area contributed by atoms with Gasteiger partial charge in [-0.05, 0) is 16.7 Å². The van der Waals surface area contributed by atoms with Crippen molar-refractivity contribution in [2.24, 2.45) is 0 Å². The minimum Gasteiger partial charge on any atom is -0.392 e. The minimum atomic E-state index is 0.0495. The van der Waals surface area contributed by atoms with Gasteiger partial charge in [0.2, 0.25) is 0 Å². The van der Waals surface area contributed by atoms with Crippen LogP contribution in [0, 0.1) is 0 Å². The fraction of sp³-hybridized carbons (Fsp3) is 0.167. The van der Waals surface area contributed by atoms with E-state index < -0.39 is 0 Å². The van der Waals surface area contributed by atoms with Gasteiger partial charge in [-0.1, -0.05) is 103 Å². The van der Waals surface area contributed by atoms with Gasteiger partial charge in [0.15, 0.2) is 0 Å². The molecule has 0 radical (unpaired) electrons. The molecule has 1 unspecified atom stereocenters. The van der Waals surface area contributed by atoms with E-state index in [-0.39, 0.29) is 12.6 Å². The Balaban J connectivity index is 1.93. The monoisotopic (exact) mass is 343 g/mol. The van der Waals surface area contributed by atoms with Crippen LogP contribution >= 0.6 is 0 Å². The number of hydrogen-bond donors (Lipinski definition) is 1. The summed E-state index contributed by atoms with van der Waals surface area (Å²) in [7, 11) is 0. The molecule has 0 aromatic heterocycles. The van der Waals surface area contributed by atoms with Crippen molar-refractivity contribution in [1.82, 2.24) is 4.90 Å². The lowest BCUT2D eigenvalue weighted by Gasteiger charge is -2.30. The summed E-state index contributed by atoms with van der Waals surface area (Å²) in [6, 6.07) is 31.6. The Morgan fingerprint density at radius 1 is 0.692 bits per heavy atom. The molecule has 2 heteroatoms. The largest absolute Gasteiger partial charge is 0.392 e. The molecule has 132 valence electrons. The fourth-order valence-corrected chi connectivity index (χ4v) is 3.17. The second-order valence-corrected chi connectivity index (χ2v) is 6.34. The van der Waals surface area contributed by atoms with Gasteiger partial charge in [0, 0.05) is 13.1 Å². The smallest absolute Gasteiger partial charge is 0.0613 e. The summed E-state index contributed by atoms with van der Waals surface area (Å²) in [4.78, 5) is 2.44. The first-order chi connectivity index (χ1) is 12.9. The SMILES string of the molecule is OC/C=C\C(c1ccccc1)N(Cc1ccccc1)Cc1ccccc1. The molecule has 3 rings (SSSR count). The molecule has 0 spiro atoms. The quantitative estimate of drug-likeness (QED) is 0.583. The fourth-order valence-electron chi connectivity index (χ4n) is 3.17.